The Morgan fingerprint density at radius 1 is 0.172 bits per heavy atom. The molecule has 0 bridgehead atoms. The Hall–Kier alpha value is -14.2. The molecule has 0 unspecified atom stereocenters. The van der Waals surface area contributed by atoms with E-state index in [1.54, 1.807) is 0 Å². The van der Waals surface area contributed by atoms with Crippen molar-refractivity contribution in [2.45, 2.75) is 0 Å². The van der Waals surface area contributed by atoms with Crippen molar-refractivity contribution < 1.29 is 4.42 Å². The van der Waals surface area contributed by atoms with Crippen molar-refractivity contribution in [3.05, 3.63) is 413 Å². The van der Waals surface area contributed by atoms with Crippen LogP contribution >= 0.6 is 34.0 Å². The van der Waals surface area contributed by atoms with E-state index in [1.165, 1.54) is 132 Å². The Balaban J connectivity index is 0.538. The zero-order valence-electron chi connectivity index (χ0n) is 62.8. The molecule has 0 N–H and O–H groups in total. The van der Waals surface area contributed by atoms with Crippen LogP contribution < -0.4 is 9.80 Å². The van der Waals surface area contributed by atoms with Crippen LogP contribution in [0, 0.1) is 0 Å². The first kappa shape index (κ1) is 67.5. The molecule has 0 saturated heterocycles. The van der Waals surface area contributed by atoms with E-state index in [4.69, 9.17) is 4.42 Å². The molecule has 0 aliphatic carbocycles. The maximum absolute atomic E-state index is 6.35. The molecule has 0 aliphatic heterocycles. The van der Waals surface area contributed by atoms with E-state index >= 15 is 0 Å². The average Bonchev–Trinajstić information content (AvgIpc) is 1.64. The number of hydrogen-bond donors (Lipinski definition) is 0. The minimum Gasteiger partial charge on any atom is -0.456 e. The second-order valence-electron chi connectivity index (χ2n) is 30.2. The summed E-state index contributed by atoms with van der Waals surface area (Å²) in [7, 11) is 0. The number of benzene rings is 19. The van der Waals surface area contributed by atoms with Gasteiger partial charge in [-0.05, 0) is 244 Å². The van der Waals surface area contributed by atoms with Gasteiger partial charge in [0.15, 0.2) is 0 Å². The number of hydrogen-bond acceptors (Lipinski definition) is 6. The highest BCUT2D eigenvalue weighted by atomic mass is 32.1. The monoisotopic (exact) mass is 1530 g/mol. The van der Waals surface area contributed by atoms with Gasteiger partial charge < -0.3 is 14.2 Å². The van der Waals surface area contributed by atoms with Gasteiger partial charge in [-0.3, -0.25) is 0 Å². The molecule has 4 aromatic heterocycles. The first-order chi connectivity index (χ1) is 57.4. The van der Waals surface area contributed by atoms with Gasteiger partial charge in [-0.25, -0.2) is 0 Å². The Morgan fingerprint density at radius 2 is 0.543 bits per heavy atom. The van der Waals surface area contributed by atoms with Gasteiger partial charge >= 0.3 is 0 Å². The molecule has 0 atom stereocenters. The van der Waals surface area contributed by atoms with Gasteiger partial charge in [0.2, 0.25) is 0 Å². The highest BCUT2D eigenvalue weighted by Gasteiger charge is 2.23. The molecular formula is C110H68N2OS3. The van der Waals surface area contributed by atoms with Crippen LogP contribution in [0.2, 0.25) is 0 Å². The highest BCUT2D eigenvalue weighted by molar-refractivity contribution is 7.26. The zero-order valence-corrected chi connectivity index (χ0v) is 65.2. The number of para-hydroxylation sites is 1. The fourth-order valence-corrected chi connectivity index (χ4v) is 21.3. The van der Waals surface area contributed by atoms with Crippen LogP contribution in [0.25, 0.3) is 193 Å². The largest absolute Gasteiger partial charge is 0.456 e. The summed E-state index contributed by atoms with van der Waals surface area (Å²) in [5, 5.41) is 14.9. The van der Waals surface area contributed by atoms with Crippen LogP contribution in [0.5, 0.6) is 0 Å². The molecule has 23 rings (SSSR count). The van der Waals surface area contributed by atoms with Crippen molar-refractivity contribution in [3.63, 3.8) is 0 Å². The van der Waals surface area contributed by atoms with E-state index < -0.39 is 0 Å². The Bertz CT molecular complexity index is 7850. The van der Waals surface area contributed by atoms with E-state index in [0.29, 0.717) is 0 Å². The molecule has 0 saturated carbocycles. The Morgan fingerprint density at radius 3 is 1.17 bits per heavy atom. The summed E-state index contributed by atoms with van der Waals surface area (Å²) in [6.45, 7) is 0. The van der Waals surface area contributed by atoms with Crippen molar-refractivity contribution in [2.24, 2.45) is 0 Å². The minimum absolute atomic E-state index is 0.889. The lowest BCUT2D eigenvalue weighted by molar-refractivity contribution is 0.669. The normalized spacial score (nSPS) is 11.8. The minimum atomic E-state index is 0.889. The molecular weight excluding hydrogens is 1460 g/mol. The van der Waals surface area contributed by atoms with Crippen molar-refractivity contribution in [3.8, 4) is 89.0 Å². The van der Waals surface area contributed by atoms with Gasteiger partial charge in [0.1, 0.15) is 11.2 Å². The predicted octanol–water partition coefficient (Wildman–Crippen LogP) is 33.3. The lowest BCUT2D eigenvalue weighted by Crippen LogP contribution is -2.10. The van der Waals surface area contributed by atoms with Crippen LogP contribution in [0.4, 0.5) is 34.1 Å². The van der Waals surface area contributed by atoms with Gasteiger partial charge in [0.05, 0.1) is 5.69 Å². The lowest BCUT2D eigenvalue weighted by Gasteiger charge is -2.27. The molecule has 19 aromatic carbocycles. The maximum atomic E-state index is 6.35. The number of nitrogens with zero attached hydrogens (tertiary/aromatic N) is 2. The van der Waals surface area contributed by atoms with E-state index in [-0.39, 0.29) is 0 Å². The maximum Gasteiger partial charge on any atom is 0.136 e. The highest BCUT2D eigenvalue weighted by Crippen LogP contribution is 2.49. The SMILES string of the molecule is c1cc(-c2cccc(N(c3ccc(-c4ccc5c(c4)sc4cc(-c6ccc7c(-c8cccc(-c9cccc(N(c%10ccc(-c%11ccc%12c(c%11)sc%11ccccc%11%12)cc%10)c%10cccc%11sc%12ccccc%12c%10%11)c9)c8)cccc7c6)ccc45)cc3)c3ccc(-c4cccc5oc6ccccc6c45)cc3)c2)cc(-c2cccc3ccccc23)c1. The van der Waals surface area contributed by atoms with Crippen molar-refractivity contribution in [2.75, 3.05) is 9.80 Å². The summed E-state index contributed by atoms with van der Waals surface area (Å²) >= 11 is 5.59. The first-order valence-corrected chi connectivity index (χ1v) is 41.9. The second-order valence-corrected chi connectivity index (χ2v) is 33.5. The predicted molar refractivity (Wildman–Crippen MR) is 500 cm³/mol. The van der Waals surface area contributed by atoms with E-state index in [0.717, 1.165) is 95.0 Å². The summed E-state index contributed by atoms with van der Waals surface area (Å²) in [5.74, 6) is 0. The van der Waals surface area contributed by atoms with Crippen LogP contribution in [0.15, 0.2) is 417 Å². The second kappa shape index (κ2) is 27.8. The smallest absolute Gasteiger partial charge is 0.136 e. The van der Waals surface area contributed by atoms with Gasteiger partial charge in [0, 0.05) is 99.7 Å². The van der Waals surface area contributed by atoms with Crippen LogP contribution in [-0.2, 0) is 0 Å². The van der Waals surface area contributed by atoms with Gasteiger partial charge in [-0.2, -0.15) is 0 Å². The molecule has 3 nitrogen and oxygen atoms in total. The first-order valence-electron chi connectivity index (χ1n) is 39.5. The number of furan rings is 1. The third-order valence-corrected chi connectivity index (χ3v) is 26.8. The molecule has 6 heteroatoms. The molecule has 23 aromatic rings. The fraction of sp³-hybridized carbons (Fsp3) is 0. The molecule has 4 heterocycles. The Kier molecular flexibility index (Phi) is 16.2. The quantitative estimate of drug-likeness (QED) is 0.108. The summed E-state index contributed by atoms with van der Waals surface area (Å²) < 4.78 is 14.1. The molecule has 0 spiro atoms. The average molecular weight is 1530 g/mol. The molecule has 542 valence electrons. The third-order valence-electron chi connectivity index (χ3n) is 23.5. The molecule has 0 amide bonds. The van der Waals surface area contributed by atoms with Crippen molar-refractivity contribution in [1.82, 2.24) is 0 Å². The molecule has 0 fully saturated rings. The molecule has 0 radical (unpaired) electrons. The van der Waals surface area contributed by atoms with Crippen LogP contribution in [0.3, 0.4) is 0 Å². The summed E-state index contributed by atoms with van der Waals surface area (Å²) in [6, 6.07) is 152. The number of anilines is 6. The standard InChI is InChI=1S/C110H68N2OS3/c1-2-28-89-71(17-1)18-13-32-90(89)81-23-9-19-73(61-81)75-21-11-26-87(64-75)111(85-55-45-72(46-56-85)93-34-15-37-102-109(93)98-30-3-6-36-101(98)113-102)84-51-41-69(42-52-84)79-49-59-96-97-60-50-80(68-108(97)116-107(96)67-79)77-47-57-92-83(63-77)25-14-33-91(92)82-24-10-20-74(62-82)76-22-12-27-88(65-76)112(100-35-16-40-105-110(100)99-31-5-8-39-104(99)114-105)86-53-43-70(44-54-86)78-48-58-95-94-29-4-7-38-103(94)115-106(95)66-78/h1-68H. The van der Waals surface area contributed by atoms with Crippen molar-refractivity contribution in [1.29, 1.82) is 0 Å². The lowest BCUT2D eigenvalue weighted by atomic mass is 9.93. The number of fused-ring (bicyclic) bond motifs is 14. The van der Waals surface area contributed by atoms with E-state index in [2.05, 4.69) is 416 Å². The van der Waals surface area contributed by atoms with E-state index in [1.807, 2.05) is 40.1 Å². The van der Waals surface area contributed by atoms with Crippen molar-refractivity contribution >= 4 is 172 Å². The third kappa shape index (κ3) is 11.8. The van der Waals surface area contributed by atoms with Gasteiger partial charge in [0.25, 0.3) is 0 Å². The number of thiophene rings is 3. The number of rotatable bonds is 14. The van der Waals surface area contributed by atoms with Gasteiger partial charge in [-0.15, -0.1) is 34.0 Å². The summed E-state index contributed by atoms with van der Waals surface area (Å²) in [4.78, 5) is 4.85. The molecule has 0 aliphatic rings. The summed E-state index contributed by atoms with van der Waals surface area (Å²) in [5.41, 5.74) is 27.2. The van der Waals surface area contributed by atoms with Gasteiger partial charge in [-0.1, -0.05) is 279 Å². The summed E-state index contributed by atoms with van der Waals surface area (Å²) in [6.07, 6.45) is 0. The Labute approximate surface area is 682 Å². The molecule has 116 heavy (non-hydrogen) atoms. The topological polar surface area (TPSA) is 19.6 Å². The fourth-order valence-electron chi connectivity index (χ4n) is 17.8. The van der Waals surface area contributed by atoms with Crippen LogP contribution in [0.1, 0.15) is 0 Å². The van der Waals surface area contributed by atoms with Crippen LogP contribution in [-0.4, -0.2) is 0 Å². The zero-order chi connectivity index (χ0) is 76.3. The van der Waals surface area contributed by atoms with E-state index in [9.17, 15) is 0 Å².